The Balaban J connectivity index is 1.59. The molecule has 0 aliphatic heterocycles. The highest BCUT2D eigenvalue weighted by Crippen LogP contribution is 2.26. The molecule has 0 aliphatic rings. The normalized spacial score (nSPS) is 10.3. The van der Waals surface area contributed by atoms with Crippen LogP contribution in [0.25, 0.3) is 11.3 Å². The molecule has 0 fully saturated rings. The second kappa shape index (κ2) is 6.98. The highest BCUT2D eigenvalue weighted by Gasteiger charge is 2.11. The van der Waals surface area contributed by atoms with Crippen LogP contribution < -0.4 is 10.1 Å². The summed E-state index contributed by atoms with van der Waals surface area (Å²) < 4.78 is 10.3. The smallest absolute Gasteiger partial charge is 0.410 e. The molecule has 23 heavy (non-hydrogen) atoms. The van der Waals surface area contributed by atoms with E-state index in [1.165, 1.54) is 0 Å². The molecule has 1 N–H and O–H groups in total. The average molecular weight is 329 g/mol. The number of rotatable bonds is 4. The molecule has 1 amide bonds. The van der Waals surface area contributed by atoms with Gasteiger partial charge in [-0.3, -0.25) is 0 Å². The van der Waals surface area contributed by atoms with Crippen LogP contribution in [0.3, 0.4) is 0 Å². The van der Waals surface area contributed by atoms with Gasteiger partial charge in [-0.15, -0.1) is 0 Å². The first-order valence-corrected chi connectivity index (χ1v) is 7.31. The van der Waals surface area contributed by atoms with Crippen LogP contribution in [-0.2, 0) is 6.54 Å². The van der Waals surface area contributed by atoms with E-state index in [1.807, 2.05) is 24.3 Å². The molecule has 0 saturated carbocycles. The Kier molecular flexibility index (Phi) is 4.59. The average Bonchev–Trinajstić information content (AvgIpc) is 3.03. The largest absolute Gasteiger partial charge is 0.412 e. The molecule has 5 nitrogen and oxygen atoms in total. The number of ether oxygens (including phenoxy) is 1. The van der Waals surface area contributed by atoms with Crippen molar-refractivity contribution in [2.45, 2.75) is 6.54 Å². The number of carbonyl (C=O) groups excluding carboxylic acids is 1. The van der Waals surface area contributed by atoms with Crippen LogP contribution in [0.4, 0.5) is 4.79 Å². The first-order chi connectivity index (χ1) is 11.2. The van der Waals surface area contributed by atoms with E-state index in [0.717, 1.165) is 5.56 Å². The number of benzene rings is 2. The molecule has 0 aliphatic carbocycles. The molecular weight excluding hydrogens is 316 g/mol. The fourth-order valence-electron chi connectivity index (χ4n) is 1.98. The second-order valence-electron chi connectivity index (χ2n) is 4.71. The van der Waals surface area contributed by atoms with Crippen molar-refractivity contribution in [3.05, 3.63) is 71.4 Å². The standard InChI is InChI=1S/C17H13ClN2O3/c18-15-9-5-4-8-14(15)16-10-13(23-20-16)11-19-17(21)22-12-6-2-1-3-7-12/h1-10H,11H2,(H,19,21). The Morgan fingerprint density at radius 1 is 1.13 bits per heavy atom. The predicted octanol–water partition coefficient (Wildman–Crippen LogP) is 4.28. The molecule has 0 atom stereocenters. The van der Waals surface area contributed by atoms with Gasteiger partial charge in [0.05, 0.1) is 11.6 Å². The number of amides is 1. The molecule has 0 saturated heterocycles. The van der Waals surface area contributed by atoms with Crippen molar-refractivity contribution in [3.8, 4) is 17.0 Å². The highest BCUT2D eigenvalue weighted by molar-refractivity contribution is 6.33. The van der Waals surface area contributed by atoms with Gasteiger partial charge in [0.15, 0.2) is 5.76 Å². The number of para-hydroxylation sites is 1. The summed E-state index contributed by atoms with van der Waals surface area (Å²) in [6, 6.07) is 17.9. The molecular formula is C17H13ClN2O3. The van der Waals surface area contributed by atoms with Crippen molar-refractivity contribution in [2.75, 3.05) is 0 Å². The van der Waals surface area contributed by atoms with Crippen molar-refractivity contribution in [1.82, 2.24) is 10.5 Å². The van der Waals surface area contributed by atoms with Crippen molar-refractivity contribution in [1.29, 1.82) is 0 Å². The maximum atomic E-state index is 11.7. The number of halogens is 1. The second-order valence-corrected chi connectivity index (χ2v) is 5.12. The predicted molar refractivity (Wildman–Crippen MR) is 86.3 cm³/mol. The SMILES string of the molecule is O=C(NCc1cc(-c2ccccc2Cl)no1)Oc1ccccc1. The summed E-state index contributed by atoms with van der Waals surface area (Å²) in [4.78, 5) is 11.7. The first kappa shape index (κ1) is 15.1. The Morgan fingerprint density at radius 2 is 1.87 bits per heavy atom. The van der Waals surface area contributed by atoms with E-state index in [2.05, 4.69) is 10.5 Å². The van der Waals surface area contributed by atoms with Crippen LogP contribution in [-0.4, -0.2) is 11.2 Å². The van der Waals surface area contributed by atoms with E-state index in [0.29, 0.717) is 22.2 Å². The summed E-state index contributed by atoms with van der Waals surface area (Å²) in [5, 5.41) is 7.14. The zero-order chi connectivity index (χ0) is 16.1. The molecule has 2 aromatic carbocycles. The molecule has 1 heterocycles. The topological polar surface area (TPSA) is 64.4 Å². The lowest BCUT2D eigenvalue weighted by atomic mass is 10.1. The minimum atomic E-state index is -0.563. The van der Waals surface area contributed by atoms with Gasteiger partial charge in [-0.1, -0.05) is 53.2 Å². The van der Waals surface area contributed by atoms with Crippen molar-refractivity contribution >= 4 is 17.7 Å². The Hall–Kier alpha value is -2.79. The summed E-state index contributed by atoms with van der Waals surface area (Å²) in [5.74, 6) is 0.976. The summed E-state index contributed by atoms with van der Waals surface area (Å²) in [5.41, 5.74) is 1.39. The molecule has 0 radical (unpaired) electrons. The summed E-state index contributed by atoms with van der Waals surface area (Å²) >= 11 is 6.11. The van der Waals surface area contributed by atoms with E-state index >= 15 is 0 Å². The number of aromatic nitrogens is 1. The maximum Gasteiger partial charge on any atom is 0.412 e. The van der Waals surface area contributed by atoms with E-state index < -0.39 is 6.09 Å². The fourth-order valence-corrected chi connectivity index (χ4v) is 2.22. The van der Waals surface area contributed by atoms with E-state index in [1.54, 1.807) is 36.4 Å². The van der Waals surface area contributed by atoms with Crippen LogP contribution in [0.5, 0.6) is 5.75 Å². The van der Waals surface area contributed by atoms with Crippen LogP contribution in [0.2, 0.25) is 5.02 Å². The lowest BCUT2D eigenvalue weighted by Crippen LogP contribution is -2.26. The van der Waals surface area contributed by atoms with Gasteiger partial charge in [0.25, 0.3) is 0 Å². The Morgan fingerprint density at radius 3 is 2.65 bits per heavy atom. The van der Waals surface area contributed by atoms with Gasteiger partial charge in [0.2, 0.25) is 0 Å². The van der Waals surface area contributed by atoms with Crippen LogP contribution in [0, 0.1) is 0 Å². The molecule has 3 rings (SSSR count). The third-order valence-corrected chi connectivity index (χ3v) is 3.40. The summed E-state index contributed by atoms with van der Waals surface area (Å²) in [6.45, 7) is 0.170. The van der Waals surface area contributed by atoms with Gasteiger partial charge < -0.3 is 14.6 Å². The summed E-state index contributed by atoms with van der Waals surface area (Å²) in [6.07, 6.45) is -0.563. The molecule has 1 aromatic heterocycles. The molecule has 3 aromatic rings. The van der Waals surface area contributed by atoms with Gasteiger partial charge in [0, 0.05) is 11.6 Å². The Bertz CT molecular complexity index is 802. The fraction of sp³-hybridized carbons (Fsp3) is 0.0588. The molecule has 6 heteroatoms. The number of hydrogen-bond acceptors (Lipinski definition) is 4. The lowest BCUT2D eigenvalue weighted by molar-refractivity contribution is 0.198. The maximum absolute atomic E-state index is 11.7. The molecule has 0 bridgehead atoms. The number of hydrogen-bond donors (Lipinski definition) is 1. The highest BCUT2D eigenvalue weighted by atomic mass is 35.5. The number of nitrogens with zero attached hydrogens (tertiary/aromatic N) is 1. The lowest BCUT2D eigenvalue weighted by Gasteiger charge is -2.04. The first-order valence-electron chi connectivity index (χ1n) is 6.93. The van der Waals surface area contributed by atoms with Crippen LogP contribution >= 0.6 is 11.6 Å². The van der Waals surface area contributed by atoms with Gasteiger partial charge in [-0.05, 0) is 18.2 Å². The monoisotopic (exact) mass is 328 g/mol. The van der Waals surface area contributed by atoms with Crippen LogP contribution in [0.1, 0.15) is 5.76 Å². The van der Waals surface area contributed by atoms with Gasteiger partial charge in [0.1, 0.15) is 11.4 Å². The van der Waals surface area contributed by atoms with E-state index in [4.69, 9.17) is 20.9 Å². The Labute approximate surface area is 137 Å². The zero-order valence-corrected chi connectivity index (χ0v) is 12.8. The number of carbonyl (C=O) groups is 1. The van der Waals surface area contributed by atoms with Gasteiger partial charge in [-0.25, -0.2) is 4.79 Å². The zero-order valence-electron chi connectivity index (χ0n) is 12.0. The van der Waals surface area contributed by atoms with Crippen molar-refractivity contribution in [3.63, 3.8) is 0 Å². The minimum absolute atomic E-state index is 0.170. The molecule has 0 spiro atoms. The third-order valence-electron chi connectivity index (χ3n) is 3.07. The third kappa shape index (κ3) is 3.90. The molecule has 0 unspecified atom stereocenters. The van der Waals surface area contributed by atoms with E-state index in [9.17, 15) is 4.79 Å². The van der Waals surface area contributed by atoms with Crippen LogP contribution in [0.15, 0.2) is 65.2 Å². The quantitative estimate of drug-likeness (QED) is 0.776. The van der Waals surface area contributed by atoms with Crippen molar-refractivity contribution < 1.29 is 14.1 Å². The van der Waals surface area contributed by atoms with Gasteiger partial charge >= 0.3 is 6.09 Å². The minimum Gasteiger partial charge on any atom is -0.410 e. The van der Waals surface area contributed by atoms with E-state index in [-0.39, 0.29) is 6.54 Å². The van der Waals surface area contributed by atoms with Gasteiger partial charge in [-0.2, -0.15) is 0 Å². The summed E-state index contributed by atoms with van der Waals surface area (Å²) in [7, 11) is 0. The number of nitrogens with one attached hydrogen (secondary N) is 1. The van der Waals surface area contributed by atoms with Crippen molar-refractivity contribution in [2.24, 2.45) is 0 Å². The molecule has 116 valence electrons.